The molecule has 0 aliphatic heterocycles. The molecule has 0 fully saturated rings. The molecule has 0 radical (unpaired) electrons. The van der Waals surface area contributed by atoms with Crippen molar-refractivity contribution in [3.8, 4) is 0 Å². The van der Waals surface area contributed by atoms with E-state index in [0.29, 0.717) is 11.4 Å². The Labute approximate surface area is 92.8 Å². The number of nitrogens with zero attached hydrogens (tertiary/aromatic N) is 1. The molecule has 0 atom stereocenters. The van der Waals surface area contributed by atoms with E-state index < -0.39 is 0 Å². The molecule has 0 bridgehead atoms. The van der Waals surface area contributed by atoms with Crippen LogP contribution in [0.15, 0.2) is 24.4 Å². The van der Waals surface area contributed by atoms with Gasteiger partial charge in [-0.15, -0.1) is 0 Å². The Hall–Kier alpha value is -1.31. The summed E-state index contributed by atoms with van der Waals surface area (Å²) in [5.74, 6) is 0.490. The summed E-state index contributed by atoms with van der Waals surface area (Å²) in [5, 5.41) is 7.72. The summed E-state index contributed by atoms with van der Waals surface area (Å²) >= 11 is 0. The van der Waals surface area contributed by atoms with Crippen molar-refractivity contribution in [1.29, 1.82) is 5.41 Å². The first-order chi connectivity index (χ1) is 7.15. The zero-order chi connectivity index (χ0) is 11.8. The van der Waals surface area contributed by atoms with E-state index in [9.17, 15) is 0 Å². The molecule has 1 N–H and O–H groups in total. The molecular weight excluding hydrogens is 184 g/mol. The van der Waals surface area contributed by atoms with Crippen LogP contribution in [0.1, 0.15) is 46.1 Å². The van der Waals surface area contributed by atoms with Gasteiger partial charge in [0.25, 0.3) is 0 Å². The van der Waals surface area contributed by atoms with Crippen molar-refractivity contribution < 1.29 is 0 Å². The first kappa shape index (κ1) is 13.7. The second-order valence-corrected chi connectivity index (χ2v) is 3.39. The summed E-state index contributed by atoms with van der Waals surface area (Å²) in [5.41, 5.74) is 1.75. The Balaban J connectivity index is 0.000000921. The zero-order valence-corrected chi connectivity index (χ0v) is 10.4. The van der Waals surface area contributed by atoms with E-state index in [1.165, 1.54) is 5.56 Å². The number of hydrogen-bond acceptors (Lipinski definition) is 1. The average Bonchev–Trinajstić information content (AvgIpc) is 2.24. The summed E-state index contributed by atoms with van der Waals surface area (Å²) in [6, 6.07) is 3.97. The quantitative estimate of drug-likeness (QED) is 0.766. The maximum absolute atomic E-state index is 7.72. The van der Waals surface area contributed by atoms with Gasteiger partial charge in [0, 0.05) is 12.4 Å². The summed E-state index contributed by atoms with van der Waals surface area (Å²) in [7, 11) is 0. The van der Waals surface area contributed by atoms with Crippen LogP contribution in [0.25, 0.3) is 6.20 Å². The summed E-state index contributed by atoms with van der Waals surface area (Å²) in [4.78, 5) is 0. The van der Waals surface area contributed by atoms with Crippen molar-refractivity contribution in [2.75, 3.05) is 0 Å². The number of hydrogen-bond donors (Lipinski definition) is 1. The van der Waals surface area contributed by atoms with E-state index in [4.69, 9.17) is 5.41 Å². The molecule has 1 heterocycles. The minimum Gasteiger partial charge on any atom is -0.309 e. The fourth-order valence-corrected chi connectivity index (χ4v) is 1.18. The molecular formula is C13H22N2. The van der Waals surface area contributed by atoms with Gasteiger partial charge in [-0.2, -0.15) is 0 Å². The van der Waals surface area contributed by atoms with E-state index in [2.05, 4.69) is 19.9 Å². The first-order valence-corrected chi connectivity index (χ1v) is 5.54. The maximum atomic E-state index is 7.72. The van der Waals surface area contributed by atoms with Gasteiger partial charge in [0.05, 0.1) is 0 Å². The number of aromatic nitrogens is 1. The van der Waals surface area contributed by atoms with Crippen LogP contribution in [0.5, 0.6) is 0 Å². The zero-order valence-electron chi connectivity index (χ0n) is 10.4. The molecule has 1 rings (SSSR count). The van der Waals surface area contributed by atoms with E-state index in [-0.39, 0.29) is 0 Å². The molecule has 2 heteroatoms. The molecule has 0 saturated carbocycles. The van der Waals surface area contributed by atoms with Crippen molar-refractivity contribution in [1.82, 2.24) is 4.57 Å². The normalized spacial score (nSPS) is 10.3. The second-order valence-electron chi connectivity index (χ2n) is 3.39. The average molecular weight is 206 g/mol. The van der Waals surface area contributed by atoms with Crippen LogP contribution >= 0.6 is 0 Å². The molecule has 15 heavy (non-hydrogen) atoms. The third-order valence-corrected chi connectivity index (χ3v) is 1.99. The first-order valence-electron chi connectivity index (χ1n) is 5.54. The van der Waals surface area contributed by atoms with Crippen LogP contribution in [-0.2, 0) is 0 Å². The summed E-state index contributed by atoms with van der Waals surface area (Å²) in [6.45, 7) is 10.2. The van der Waals surface area contributed by atoms with Gasteiger partial charge in [0.1, 0.15) is 5.49 Å². The van der Waals surface area contributed by atoms with Crippen LogP contribution in [0, 0.1) is 5.41 Å². The van der Waals surface area contributed by atoms with Gasteiger partial charge >= 0.3 is 0 Å². The molecule has 0 unspecified atom stereocenters. The lowest BCUT2D eigenvalue weighted by Crippen LogP contribution is -2.14. The van der Waals surface area contributed by atoms with E-state index in [0.717, 1.165) is 0 Å². The Morgan fingerprint density at radius 3 is 2.33 bits per heavy atom. The van der Waals surface area contributed by atoms with Gasteiger partial charge in [0.15, 0.2) is 0 Å². The minimum atomic E-state index is 0.490. The van der Waals surface area contributed by atoms with Gasteiger partial charge in [-0.25, -0.2) is 0 Å². The van der Waals surface area contributed by atoms with Crippen LogP contribution in [0.2, 0.25) is 0 Å². The molecule has 0 aliphatic carbocycles. The standard InChI is InChI=1S/C11H16N2.C2H6/c1-4-6-13-7-5-10(9(2)3)8-11(13)12;1-2/h4-9,12H,1-3H3;1-2H3/b6-4-,12-11?;. The van der Waals surface area contributed by atoms with Crippen molar-refractivity contribution >= 4 is 6.20 Å². The van der Waals surface area contributed by atoms with Gasteiger partial charge < -0.3 is 4.57 Å². The van der Waals surface area contributed by atoms with Crippen molar-refractivity contribution in [3.63, 3.8) is 0 Å². The van der Waals surface area contributed by atoms with E-state index >= 15 is 0 Å². The maximum Gasteiger partial charge on any atom is 0.129 e. The lowest BCUT2D eigenvalue weighted by Gasteiger charge is -2.06. The molecule has 0 aliphatic rings. The van der Waals surface area contributed by atoms with E-state index in [1.807, 2.05) is 45.3 Å². The lowest BCUT2D eigenvalue weighted by atomic mass is 10.1. The highest BCUT2D eigenvalue weighted by Crippen LogP contribution is 2.10. The molecule has 0 amide bonds. The predicted molar refractivity (Wildman–Crippen MR) is 66.7 cm³/mol. The highest BCUT2D eigenvalue weighted by atomic mass is 14.9. The fraction of sp³-hybridized carbons (Fsp3) is 0.462. The summed E-state index contributed by atoms with van der Waals surface area (Å²) < 4.78 is 1.80. The Bertz CT molecular complexity index is 359. The molecule has 0 saturated heterocycles. The van der Waals surface area contributed by atoms with Gasteiger partial charge in [-0.05, 0) is 30.5 Å². The second kappa shape index (κ2) is 7.04. The Morgan fingerprint density at radius 2 is 1.93 bits per heavy atom. The van der Waals surface area contributed by atoms with Crippen LogP contribution in [-0.4, -0.2) is 4.57 Å². The Kier molecular flexibility index (Phi) is 6.43. The number of allylic oxidation sites excluding steroid dienone is 1. The highest BCUT2D eigenvalue weighted by Gasteiger charge is 1.98. The van der Waals surface area contributed by atoms with Crippen molar-refractivity contribution in [2.45, 2.75) is 40.5 Å². The predicted octanol–water partition coefficient (Wildman–Crippen LogP) is 3.61. The molecule has 1 aromatic rings. The molecule has 1 aromatic heterocycles. The molecule has 0 spiro atoms. The van der Waals surface area contributed by atoms with Gasteiger partial charge in [-0.1, -0.05) is 33.8 Å². The van der Waals surface area contributed by atoms with Crippen LogP contribution in [0.4, 0.5) is 0 Å². The van der Waals surface area contributed by atoms with Crippen LogP contribution in [0.3, 0.4) is 0 Å². The molecule has 84 valence electrons. The molecule has 0 aromatic carbocycles. The number of nitrogens with one attached hydrogen (secondary N) is 1. The summed E-state index contributed by atoms with van der Waals surface area (Å²) in [6.07, 6.45) is 5.73. The minimum absolute atomic E-state index is 0.490. The number of pyridine rings is 1. The third kappa shape index (κ3) is 4.15. The largest absolute Gasteiger partial charge is 0.309 e. The number of rotatable bonds is 2. The smallest absolute Gasteiger partial charge is 0.129 e. The SMILES string of the molecule is C/C=C\n1ccc(C(C)C)cc1=N.CC. The monoisotopic (exact) mass is 206 g/mol. The van der Waals surface area contributed by atoms with Gasteiger partial charge in [-0.3, -0.25) is 5.41 Å². The highest BCUT2D eigenvalue weighted by molar-refractivity contribution is 5.24. The van der Waals surface area contributed by atoms with Crippen molar-refractivity contribution in [3.05, 3.63) is 35.5 Å². The van der Waals surface area contributed by atoms with Crippen molar-refractivity contribution in [2.24, 2.45) is 0 Å². The fourth-order valence-electron chi connectivity index (χ4n) is 1.18. The van der Waals surface area contributed by atoms with E-state index in [1.54, 1.807) is 4.57 Å². The Morgan fingerprint density at radius 1 is 1.33 bits per heavy atom. The van der Waals surface area contributed by atoms with Crippen LogP contribution < -0.4 is 5.49 Å². The molecule has 2 nitrogen and oxygen atoms in total. The topological polar surface area (TPSA) is 28.8 Å². The lowest BCUT2D eigenvalue weighted by molar-refractivity contribution is 0.842. The third-order valence-electron chi connectivity index (χ3n) is 1.99. The van der Waals surface area contributed by atoms with Gasteiger partial charge in [0.2, 0.25) is 0 Å².